The quantitative estimate of drug-likeness (QED) is 0.675. The monoisotopic (exact) mass is 363 g/mol. The Morgan fingerprint density at radius 3 is 2.12 bits per heavy atom. The van der Waals surface area contributed by atoms with E-state index in [-0.39, 0.29) is 4.90 Å². The third-order valence-electron chi connectivity index (χ3n) is 3.85. The van der Waals surface area contributed by atoms with Crippen molar-refractivity contribution in [2.45, 2.75) is 25.2 Å². The van der Waals surface area contributed by atoms with Crippen molar-refractivity contribution in [2.24, 2.45) is 0 Å². The largest absolute Gasteiger partial charge is 0.497 e. The molecule has 0 saturated heterocycles. The average molecular weight is 363 g/mol. The Morgan fingerprint density at radius 2 is 1.56 bits per heavy atom. The topological polar surface area (TPSA) is 55.8 Å². The average Bonchev–Trinajstić information content (AvgIpc) is 2.57. The van der Waals surface area contributed by atoms with E-state index in [0.717, 1.165) is 16.9 Å². The number of benzene rings is 2. The summed E-state index contributed by atoms with van der Waals surface area (Å²) in [4.78, 5) is 0.256. The second kappa shape index (κ2) is 8.36. The van der Waals surface area contributed by atoms with Crippen LogP contribution < -0.4 is 9.47 Å². The van der Waals surface area contributed by atoms with Crippen molar-refractivity contribution in [3.8, 4) is 11.5 Å². The lowest BCUT2D eigenvalue weighted by Gasteiger charge is -2.17. The molecule has 6 heteroatoms. The van der Waals surface area contributed by atoms with Crippen LogP contribution in [0.25, 0.3) is 0 Å². The van der Waals surface area contributed by atoms with Gasteiger partial charge in [0.15, 0.2) is 0 Å². The van der Waals surface area contributed by atoms with E-state index in [1.54, 1.807) is 38.4 Å². The first-order valence-electron chi connectivity index (χ1n) is 8.14. The van der Waals surface area contributed by atoms with E-state index in [9.17, 15) is 8.42 Å². The van der Waals surface area contributed by atoms with Gasteiger partial charge in [0.1, 0.15) is 11.5 Å². The van der Waals surface area contributed by atoms with E-state index in [1.807, 2.05) is 26.0 Å². The second-order valence-electron chi connectivity index (χ2n) is 6.03. The molecule has 0 atom stereocenters. The van der Waals surface area contributed by atoms with Gasteiger partial charge in [0.25, 0.3) is 0 Å². The Bertz CT molecular complexity index is 780. The van der Waals surface area contributed by atoms with Gasteiger partial charge in [-0.2, -0.15) is 0 Å². The van der Waals surface area contributed by atoms with Crippen molar-refractivity contribution in [2.75, 3.05) is 27.3 Å². The van der Waals surface area contributed by atoms with Crippen LogP contribution in [0.5, 0.6) is 11.5 Å². The Balaban J connectivity index is 1.89. The molecule has 0 aliphatic rings. The number of methoxy groups -OCH3 is 1. The molecule has 25 heavy (non-hydrogen) atoms. The van der Waals surface area contributed by atoms with E-state index in [0.29, 0.717) is 25.3 Å². The molecule has 0 aliphatic heterocycles. The number of sulfonamides is 1. The second-order valence-corrected chi connectivity index (χ2v) is 8.07. The van der Waals surface area contributed by atoms with E-state index < -0.39 is 10.0 Å². The van der Waals surface area contributed by atoms with Gasteiger partial charge in [-0.05, 0) is 67.8 Å². The van der Waals surface area contributed by atoms with Crippen LogP contribution in [-0.4, -0.2) is 40.0 Å². The van der Waals surface area contributed by atoms with Crippen LogP contribution in [0.15, 0.2) is 47.4 Å². The number of hydrogen-bond acceptors (Lipinski definition) is 4. The molecular formula is C19H25NO4S. The molecule has 2 aromatic rings. The van der Waals surface area contributed by atoms with E-state index >= 15 is 0 Å². The maximum absolute atomic E-state index is 12.5. The van der Waals surface area contributed by atoms with Gasteiger partial charge in [0, 0.05) is 13.6 Å². The smallest absolute Gasteiger partial charge is 0.242 e. The molecule has 0 amide bonds. The van der Waals surface area contributed by atoms with Crippen LogP contribution in [0.2, 0.25) is 0 Å². The lowest BCUT2D eigenvalue weighted by molar-refractivity contribution is 0.296. The minimum atomic E-state index is -3.50. The van der Waals surface area contributed by atoms with E-state index in [2.05, 4.69) is 6.07 Å². The van der Waals surface area contributed by atoms with Crippen LogP contribution in [0.3, 0.4) is 0 Å². The summed E-state index contributed by atoms with van der Waals surface area (Å²) in [6.07, 6.45) is 0.610. The van der Waals surface area contributed by atoms with Crippen molar-refractivity contribution in [3.63, 3.8) is 0 Å². The highest BCUT2D eigenvalue weighted by Gasteiger charge is 2.20. The van der Waals surface area contributed by atoms with Crippen LogP contribution in [0.4, 0.5) is 0 Å². The zero-order valence-corrected chi connectivity index (χ0v) is 16.0. The molecule has 5 nitrogen and oxygen atoms in total. The number of nitrogens with zero attached hydrogens (tertiary/aromatic N) is 1. The lowest BCUT2D eigenvalue weighted by atomic mass is 10.1. The van der Waals surface area contributed by atoms with Crippen molar-refractivity contribution in [1.82, 2.24) is 4.31 Å². The Morgan fingerprint density at radius 1 is 0.960 bits per heavy atom. The molecule has 0 saturated carbocycles. The normalized spacial score (nSPS) is 11.6. The summed E-state index contributed by atoms with van der Waals surface area (Å²) >= 11 is 0. The molecular weight excluding hydrogens is 338 g/mol. The minimum Gasteiger partial charge on any atom is -0.497 e. The van der Waals surface area contributed by atoms with Gasteiger partial charge in [0.2, 0.25) is 10.0 Å². The van der Waals surface area contributed by atoms with Gasteiger partial charge in [0.05, 0.1) is 18.6 Å². The molecule has 0 spiro atoms. The summed E-state index contributed by atoms with van der Waals surface area (Å²) in [6.45, 7) is 4.90. The molecule has 0 aromatic heterocycles. The molecule has 0 radical (unpaired) electrons. The predicted molar refractivity (Wildman–Crippen MR) is 98.8 cm³/mol. The third-order valence-corrected chi connectivity index (χ3v) is 5.72. The molecule has 0 heterocycles. The fraction of sp³-hybridized carbons (Fsp3) is 0.368. The van der Waals surface area contributed by atoms with Crippen molar-refractivity contribution in [3.05, 3.63) is 53.6 Å². The molecule has 0 fully saturated rings. The Kier molecular flexibility index (Phi) is 6.45. The summed E-state index contributed by atoms with van der Waals surface area (Å²) in [5.74, 6) is 1.45. The highest BCUT2D eigenvalue weighted by molar-refractivity contribution is 7.89. The van der Waals surface area contributed by atoms with Gasteiger partial charge >= 0.3 is 0 Å². The van der Waals surface area contributed by atoms with Gasteiger partial charge in [-0.1, -0.05) is 6.07 Å². The zero-order valence-electron chi connectivity index (χ0n) is 15.2. The standard InChI is InChI=1S/C19H25NO4S/c1-15-12-16(2)14-18(13-15)24-11-5-10-20(3)25(21,22)19-8-6-17(23-4)7-9-19/h6-9,12-14H,5,10-11H2,1-4H3. The van der Waals surface area contributed by atoms with Gasteiger partial charge in [-0.15, -0.1) is 0 Å². The van der Waals surface area contributed by atoms with Gasteiger partial charge in [-0.25, -0.2) is 12.7 Å². The van der Waals surface area contributed by atoms with E-state index in [4.69, 9.17) is 9.47 Å². The first-order chi connectivity index (χ1) is 11.8. The summed E-state index contributed by atoms with van der Waals surface area (Å²) in [6, 6.07) is 12.4. The molecule has 136 valence electrons. The molecule has 0 N–H and O–H groups in total. The van der Waals surface area contributed by atoms with Crippen LogP contribution in [0, 0.1) is 13.8 Å². The highest BCUT2D eigenvalue weighted by atomic mass is 32.2. The van der Waals surface area contributed by atoms with Crippen molar-refractivity contribution < 1.29 is 17.9 Å². The minimum absolute atomic E-state index is 0.256. The number of aryl methyl sites for hydroxylation is 2. The first-order valence-corrected chi connectivity index (χ1v) is 9.58. The van der Waals surface area contributed by atoms with E-state index in [1.165, 1.54) is 4.31 Å². The van der Waals surface area contributed by atoms with Crippen molar-refractivity contribution in [1.29, 1.82) is 0 Å². The summed E-state index contributed by atoms with van der Waals surface area (Å²) < 4.78 is 37.2. The first kappa shape index (κ1) is 19.3. The molecule has 2 aromatic carbocycles. The summed E-state index contributed by atoms with van der Waals surface area (Å²) in [5.41, 5.74) is 2.29. The van der Waals surface area contributed by atoms with Crippen molar-refractivity contribution >= 4 is 10.0 Å². The molecule has 0 bridgehead atoms. The highest BCUT2D eigenvalue weighted by Crippen LogP contribution is 2.19. The van der Waals surface area contributed by atoms with Gasteiger partial charge in [-0.3, -0.25) is 0 Å². The van der Waals surface area contributed by atoms with Crippen LogP contribution in [-0.2, 0) is 10.0 Å². The Hall–Kier alpha value is -2.05. The number of rotatable bonds is 8. The molecule has 2 rings (SSSR count). The predicted octanol–water partition coefficient (Wildman–Crippen LogP) is 3.40. The van der Waals surface area contributed by atoms with Gasteiger partial charge < -0.3 is 9.47 Å². The lowest BCUT2D eigenvalue weighted by Crippen LogP contribution is -2.28. The fourth-order valence-corrected chi connectivity index (χ4v) is 3.75. The zero-order chi connectivity index (χ0) is 18.4. The summed E-state index contributed by atoms with van der Waals surface area (Å²) in [7, 11) is -0.374. The maximum Gasteiger partial charge on any atom is 0.242 e. The maximum atomic E-state index is 12.5. The third kappa shape index (κ3) is 5.21. The molecule has 0 unspecified atom stereocenters. The summed E-state index contributed by atoms with van der Waals surface area (Å²) in [5, 5.41) is 0. The fourth-order valence-electron chi connectivity index (χ4n) is 2.54. The Labute approximate surface area is 150 Å². The van der Waals surface area contributed by atoms with Crippen LogP contribution in [0.1, 0.15) is 17.5 Å². The molecule has 0 aliphatic carbocycles. The van der Waals surface area contributed by atoms with Crippen LogP contribution >= 0.6 is 0 Å². The number of ether oxygens (including phenoxy) is 2. The SMILES string of the molecule is COc1ccc(S(=O)(=O)N(C)CCCOc2cc(C)cc(C)c2)cc1. The number of hydrogen-bond donors (Lipinski definition) is 0.